The summed E-state index contributed by atoms with van der Waals surface area (Å²) in [4.78, 5) is 23.3. The van der Waals surface area contributed by atoms with Crippen LogP contribution >= 0.6 is 11.6 Å². The summed E-state index contributed by atoms with van der Waals surface area (Å²) in [7, 11) is -3.13. The number of hydrogen-bond acceptors (Lipinski definition) is 7. The van der Waals surface area contributed by atoms with Gasteiger partial charge in [-0.05, 0) is 56.5 Å². The van der Waals surface area contributed by atoms with E-state index in [-0.39, 0.29) is 27.0 Å². The van der Waals surface area contributed by atoms with Gasteiger partial charge < -0.3 is 4.74 Å². The highest BCUT2D eigenvalue weighted by Gasteiger charge is 2.31. The Labute approximate surface area is 226 Å². The molecule has 0 radical (unpaired) electrons. The molecule has 0 aliphatic carbocycles. The van der Waals surface area contributed by atoms with E-state index in [1.165, 1.54) is 44.4 Å². The predicted molar refractivity (Wildman–Crippen MR) is 146 cm³/mol. The van der Waals surface area contributed by atoms with Crippen molar-refractivity contribution in [3.63, 3.8) is 0 Å². The van der Waals surface area contributed by atoms with E-state index in [4.69, 9.17) is 16.3 Å². The van der Waals surface area contributed by atoms with Crippen LogP contribution in [0, 0.1) is 17.0 Å². The van der Waals surface area contributed by atoms with E-state index in [1.54, 1.807) is 6.92 Å². The van der Waals surface area contributed by atoms with Crippen LogP contribution < -0.4 is 14.5 Å². The first-order chi connectivity index (χ1) is 18.0. The molecule has 3 aromatic carbocycles. The van der Waals surface area contributed by atoms with Gasteiger partial charge in [0.15, 0.2) is 0 Å². The number of halogens is 1. The maximum absolute atomic E-state index is 13.7. The van der Waals surface area contributed by atoms with E-state index in [1.807, 2.05) is 30.3 Å². The molecule has 0 bridgehead atoms. The van der Waals surface area contributed by atoms with E-state index >= 15 is 0 Å². The Kier molecular flexibility index (Phi) is 9.43. The van der Waals surface area contributed by atoms with Gasteiger partial charge in [0.05, 0.1) is 22.6 Å². The molecule has 0 saturated carbocycles. The highest BCUT2D eigenvalue weighted by atomic mass is 35.5. The number of nitrogens with zero attached hydrogens (tertiary/aromatic N) is 3. The van der Waals surface area contributed by atoms with Gasteiger partial charge in [-0.25, -0.2) is 13.8 Å². The van der Waals surface area contributed by atoms with Gasteiger partial charge in [-0.2, -0.15) is 5.10 Å². The van der Waals surface area contributed by atoms with E-state index in [2.05, 4.69) is 10.5 Å². The van der Waals surface area contributed by atoms with Gasteiger partial charge >= 0.3 is 0 Å². The second-order valence-corrected chi connectivity index (χ2v) is 10.7. The molecule has 3 aromatic rings. The molecule has 1 N–H and O–H groups in total. The lowest BCUT2D eigenvalue weighted by molar-refractivity contribution is -0.385. The van der Waals surface area contributed by atoms with Crippen molar-refractivity contribution in [2.24, 2.45) is 5.10 Å². The number of nitro benzene ring substituents is 1. The first-order valence-electron chi connectivity index (χ1n) is 11.5. The van der Waals surface area contributed by atoms with Crippen LogP contribution in [0.15, 0.2) is 76.7 Å². The molecule has 10 nitrogen and oxygen atoms in total. The van der Waals surface area contributed by atoms with Crippen molar-refractivity contribution < 1.29 is 22.9 Å². The molecule has 1 amide bonds. The summed E-state index contributed by atoms with van der Waals surface area (Å²) in [5.41, 5.74) is 4.07. The average molecular weight is 559 g/mol. The number of sulfonamides is 1. The van der Waals surface area contributed by atoms with Gasteiger partial charge in [0.1, 0.15) is 12.3 Å². The largest absolute Gasteiger partial charge is 0.495 e. The van der Waals surface area contributed by atoms with Crippen LogP contribution in [0.3, 0.4) is 0 Å². The lowest BCUT2D eigenvalue weighted by Crippen LogP contribution is -2.40. The zero-order valence-corrected chi connectivity index (χ0v) is 22.6. The Hall–Kier alpha value is -3.96. The molecular formula is C26H27ClN4O6S. The first-order valence-corrected chi connectivity index (χ1v) is 13.3. The van der Waals surface area contributed by atoms with Gasteiger partial charge in [-0.3, -0.25) is 19.2 Å². The second kappa shape index (κ2) is 12.5. The minimum Gasteiger partial charge on any atom is -0.495 e. The molecule has 200 valence electrons. The zero-order chi connectivity index (χ0) is 27.9. The predicted octanol–water partition coefficient (Wildman–Crippen LogP) is 4.89. The van der Waals surface area contributed by atoms with Crippen LogP contribution in [0.2, 0.25) is 5.02 Å². The summed E-state index contributed by atoms with van der Waals surface area (Å²) in [5.74, 6) is -0.591. The minimum atomic E-state index is -4.48. The normalized spacial score (nSPS) is 11.6. The van der Waals surface area contributed by atoms with Gasteiger partial charge in [-0.1, -0.05) is 48.0 Å². The Balaban J connectivity index is 1.91. The summed E-state index contributed by atoms with van der Waals surface area (Å²) in [6.45, 7) is 2.57. The van der Waals surface area contributed by atoms with E-state index in [0.717, 1.165) is 22.4 Å². The molecule has 0 aliphatic heterocycles. The third-order valence-corrected chi connectivity index (χ3v) is 7.64. The summed E-state index contributed by atoms with van der Waals surface area (Å²) in [6.07, 6.45) is 1.31. The molecule has 38 heavy (non-hydrogen) atoms. The fraction of sp³-hybridized carbons (Fsp3) is 0.231. The summed E-state index contributed by atoms with van der Waals surface area (Å²) in [6, 6.07) is 17.6. The molecule has 0 spiro atoms. The maximum atomic E-state index is 13.7. The molecule has 12 heteroatoms. The monoisotopic (exact) mass is 558 g/mol. The summed E-state index contributed by atoms with van der Waals surface area (Å²) in [5, 5.41) is 15.7. The number of methoxy groups -OCH3 is 1. The van der Waals surface area contributed by atoms with Crippen LogP contribution in [0.1, 0.15) is 24.5 Å². The number of hydrazone groups is 1. The summed E-state index contributed by atoms with van der Waals surface area (Å²) >= 11 is 6.14. The van der Waals surface area contributed by atoms with Crippen LogP contribution in [-0.2, 0) is 21.2 Å². The number of rotatable bonds is 11. The molecule has 0 unspecified atom stereocenters. The SMILES string of the molecule is COc1ccc(Cl)cc1N(CC(=O)N/N=C(/C)CCc1ccccc1)S(=O)(=O)c1ccc(C)c([N+](=O)[O-])c1. The van der Waals surface area contributed by atoms with Gasteiger partial charge in [0.2, 0.25) is 0 Å². The molecule has 0 fully saturated rings. The topological polar surface area (TPSA) is 131 Å². The fourth-order valence-corrected chi connectivity index (χ4v) is 5.19. The van der Waals surface area contributed by atoms with Crippen molar-refractivity contribution in [1.29, 1.82) is 0 Å². The Morgan fingerprint density at radius 2 is 1.84 bits per heavy atom. The number of aryl methyl sites for hydroxylation is 2. The third kappa shape index (κ3) is 7.08. The van der Waals surface area contributed by atoms with Gasteiger partial charge in [0.25, 0.3) is 21.6 Å². The van der Waals surface area contributed by atoms with Crippen LogP contribution in [-0.4, -0.2) is 38.6 Å². The number of ether oxygens (including phenoxy) is 1. The first kappa shape index (κ1) is 28.6. The smallest absolute Gasteiger partial charge is 0.273 e. The molecule has 0 atom stereocenters. The summed E-state index contributed by atoms with van der Waals surface area (Å²) < 4.78 is 33.5. The number of hydrogen-bond donors (Lipinski definition) is 1. The van der Waals surface area contributed by atoms with Gasteiger partial charge in [-0.15, -0.1) is 0 Å². The number of carbonyl (C=O) groups is 1. The molecule has 0 saturated heterocycles. The molecule has 0 heterocycles. The average Bonchev–Trinajstić information content (AvgIpc) is 2.89. The van der Waals surface area contributed by atoms with E-state index in [9.17, 15) is 23.3 Å². The van der Waals surface area contributed by atoms with Crippen LogP contribution in [0.5, 0.6) is 5.75 Å². The highest BCUT2D eigenvalue weighted by molar-refractivity contribution is 7.92. The fourth-order valence-electron chi connectivity index (χ4n) is 3.58. The number of benzene rings is 3. The Bertz CT molecular complexity index is 1460. The number of nitrogens with one attached hydrogen (secondary N) is 1. The van der Waals surface area contributed by atoms with Crippen molar-refractivity contribution >= 4 is 44.6 Å². The highest BCUT2D eigenvalue weighted by Crippen LogP contribution is 2.35. The maximum Gasteiger partial charge on any atom is 0.273 e. The number of amides is 1. The molecule has 3 rings (SSSR count). The zero-order valence-electron chi connectivity index (χ0n) is 21.0. The van der Waals surface area contributed by atoms with Crippen molar-refractivity contribution in [3.05, 3.63) is 93.0 Å². The molecule has 0 aliphatic rings. The minimum absolute atomic E-state index is 0.0110. The number of nitro groups is 1. The van der Waals surface area contributed by atoms with Crippen molar-refractivity contribution in [3.8, 4) is 5.75 Å². The van der Waals surface area contributed by atoms with Gasteiger partial charge in [0, 0.05) is 22.4 Å². The van der Waals surface area contributed by atoms with Crippen LogP contribution in [0.25, 0.3) is 0 Å². The standard InChI is InChI=1S/C26H27ClN4O6S/c1-18-9-13-22(16-23(18)31(33)34)38(35,36)30(24-15-21(27)12-14-25(24)37-3)17-26(32)29-28-19(2)10-11-20-7-5-4-6-8-20/h4-9,12-16H,10-11,17H2,1-3H3,(H,29,32)/b28-19-. The number of carbonyl (C=O) groups excluding carboxylic acids is 1. The number of anilines is 1. The van der Waals surface area contributed by atoms with Crippen molar-refractivity contribution in [2.45, 2.75) is 31.6 Å². The Morgan fingerprint density at radius 3 is 2.50 bits per heavy atom. The molecule has 0 aromatic heterocycles. The van der Waals surface area contributed by atoms with E-state index < -0.39 is 27.4 Å². The van der Waals surface area contributed by atoms with E-state index in [0.29, 0.717) is 17.7 Å². The quantitative estimate of drug-likeness (QED) is 0.202. The lowest BCUT2D eigenvalue weighted by atomic mass is 10.1. The Morgan fingerprint density at radius 1 is 1.13 bits per heavy atom. The third-order valence-electron chi connectivity index (χ3n) is 5.65. The molecular weight excluding hydrogens is 532 g/mol. The van der Waals surface area contributed by atoms with Crippen LogP contribution in [0.4, 0.5) is 11.4 Å². The van der Waals surface area contributed by atoms with Crippen molar-refractivity contribution in [1.82, 2.24) is 5.43 Å². The van der Waals surface area contributed by atoms with Crippen molar-refractivity contribution in [2.75, 3.05) is 18.0 Å². The lowest BCUT2D eigenvalue weighted by Gasteiger charge is -2.25. The second-order valence-electron chi connectivity index (χ2n) is 8.40.